The lowest BCUT2D eigenvalue weighted by molar-refractivity contribution is -0.116. The summed E-state index contributed by atoms with van der Waals surface area (Å²) in [6.07, 6.45) is 0. The molecule has 1 aliphatic heterocycles. The summed E-state index contributed by atoms with van der Waals surface area (Å²) in [5.74, 6) is 3.69. The Morgan fingerprint density at radius 1 is 1.23 bits per heavy atom. The third kappa shape index (κ3) is 4.77. The van der Waals surface area contributed by atoms with Gasteiger partial charge >= 0.3 is 0 Å². The van der Waals surface area contributed by atoms with Gasteiger partial charge in [-0.05, 0) is 42.5 Å². The van der Waals surface area contributed by atoms with Crippen LogP contribution in [0.15, 0.2) is 52.5 Å². The number of nitrogens with one attached hydrogen (secondary N) is 4. The van der Waals surface area contributed by atoms with E-state index in [0.29, 0.717) is 15.6 Å². The monoisotopic (exact) mass is 484 g/mol. The zero-order valence-electron chi connectivity index (χ0n) is 14.9. The van der Waals surface area contributed by atoms with Crippen molar-refractivity contribution >= 4 is 80.2 Å². The number of amides is 2. The van der Waals surface area contributed by atoms with Gasteiger partial charge in [-0.2, -0.15) is 5.10 Å². The molecule has 0 saturated heterocycles. The summed E-state index contributed by atoms with van der Waals surface area (Å²) in [6, 6.07) is 11.0. The highest BCUT2D eigenvalue weighted by atomic mass is 35.5. The van der Waals surface area contributed by atoms with E-state index in [4.69, 9.17) is 41.3 Å². The number of nitrogens with two attached hydrogens (primary N) is 1. The van der Waals surface area contributed by atoms with Crippen molar-refractivity contribution in [2.75, 3.05) is 10.6 Å². The lowest BCUT2D eigenvalue weighted by atomic mass is 10.2. The zero-order chi connectivity index (χ0) is 21.8. The second-order valence-electron chi connectivity index (χ2n) is 5.82. The number of anilines is 2. The molecule has 156 valence electrons. The molecule has 2 aromatic rings. The van der Waals surface area contributed by atoms with Crippen molar-refractivity contribution in [2.45, 2.75) is 10.1 Å². The van der Waals surface area contributed by atoms with E-state index in [1.165, 1.54) is 12.1 Å². The normalized spacial score (nSPS) is 18.1. The number of para-hydroxylation sites is 1. The molecule has 9 nitrogen and oxygen atoms in total. The van der Waals surface area contributed by atoms with Crippen LogP contribution in [0.5, 0.6) is 0 Å². The Balaban J connectivity index is 1.99. The van der Waals surface area contributed by atoms with Crippen LogP contribution in [0.4, 0.5) is 11.4 Å². The third-order valence-corrected chi connectivity index (χ3v) is 6.31. The second kappa shape index (κ2) is 9.49. The van der Waals surface area contributed by atoms with Crippen LogP contribution >= 0.6 is 35.4 Å². The molecule has 0 bridgehead atoms. The fourth-order valence-electron chi connectivity index (χ4n) is 2.54. The lowest BCUT2D eigenvalue weighted by Gasteiger charge is -2.24. The number of hydrogen-bond donors (Lipinski definition) is 5. The van der Waals surface area contributed by atoms with Gasteiger partial charge in [0.25, 0.3) is 5.91 Å². The first-order valence-electron chi connectivity index (χ1n) is 8.23. The topological polar surface area (TPSA) is 138 Å². The van der Waals surface area contributed by atoms with Crippen LogP contribution in [0.25, 0.3) is 0 Å². The number of thiocarbonyl (C=S) groups is 1. The highest BCUT2D eigenvalue weighted by Gasteiger charge is 2.40. The van der Waals surface area contributed by atoms with Gasteiger partial charge in [-0.1, -0.05) is 35.3 Å². The molecule has 0 aromatic heterocycles. The maximum absolute atomic E-state index is 13.1. The van der Waals surface area contributed by atoms with Crippen molar-refractivity contribution in [1.29, 1.82) is 0 Å². The Hall–Kier alpha value is -2.57. The van der Waals surface area contributed by atoms with Gasteiger partial charge in [0.2, 0.25) is 11.0 Å². The van der Waals surface area contributed by atoms with Gasteiger partial charge in [-0.15, -0.1) is 0 Å². The molecule has 0 aliphatic carbocycles. The maximum Gasteiger partial charge on any atom is 0.273 e. The van der Waals surface area contributed by atoms with E-state index < -0.39 is 33.6 Å². The number of hydrazone groups is 1. The van der Waals surface area contributed by atoms with Crippen LogP contribution in [-0.4, -0.2) is 32.1 Å². The van der Waals surface area contributed by atoms with Gasteiger partial charge in [-0.25, -0.2) is 5.84 Å². The molecule has 2 aromatic carbocycles. The summed E-state index contributed by atoms with van der Waals surface area (Å²) in [7, 11) is -1.92. The number of carbonyl (C=O) groups excluding carboxylic acids is 2. The SMILES string of the molecule is NNC(=S)N/N=C(\C(=O)Nc1cc(Cl)ccc1Cl)C1C(=O)Nc2ccccc2S1=O. The average Bonchev–Trinajstić information content (AvgIpc) is 2.72. The smallest absolute Gasteiger partial charge is 0.273 e. The molecule has 2 atom stereocenters. The molecule has 1 heterocycles. The quantitative estimate of drug-likeness (QED) is 0.193. The average molecular weight is 485 g/mol. The van der Waals surface area contributed by atoms with Crippen LogP contribution in [0.3, 0.4) is 0 Å². The molecule has 13 heteroatoms. The Labute approximate surface area is 188 Å². The molecule has 0 saturated carbocycles. The number of halogens is 2. The standard InChI is InChI=1S/C17H14Cl2N6O3S2/c18-8-5-6-9(19)11(7-8)22-15(26)13(24-25-17(29)23-20)14-16(27)21-10-3-1-2-4-12(10)30(14)28/h1-7,14H,20H2,(H,21,27)(H,22,26)(H2,23,25,29)/b24-13-. The van der Waals surface area contributed by atoms with Crippen molar-refractivity contribution in [1.82, 2.24) is 10.9 Å². The number of carbonyl (C=O) groups is 2. The summed E-state index contributed by atoms with van der Waals surface area (Å²) < 4.78 is 13.1. The molecule has 30 heavy (non-hydrogen) atoms. The maximum atomic E-state index is 13.1. The van der Waals surface area contributed by atoms with E-state index in [1.54, 1.807) is 30.3 Å². The number of hydrazine groups is 1. The first-order chi connectivity index (χ1) is 14.3. The first kappa shape index (κ1) is 22.1. The predicted molar refractivity (Wildman–Crippen MR) is 121 cm³/mol. The van der Waals surface area contributed by atoms with Gasteiger partial charge < -0.3 is 10.6 Å². The number of rotatable bonds is 4. The van der Waals surface area contributed by atoms with Crippen LogP contribution in [0.1, 0.15) is 0 Å². The van der Waals surface area contributed by atoms with Crippen molar-refractivity contribution in [3.05, 3.63) is 52.5 Å². The van der Waals surface area contributed by atoms with E-state index in [2.05, 4.69) is 26.6 Å². The van der Waals surface area contributed by atoms with Gasteiger partial charge in [0, 0.05) is 5.02 Å². The molecular formula is C17H14Cl2N6O3S2. The Bertz CT molecular complexity index is 1090. The van der Waals surface area contributed by atoms with E-state index >= 15 is 0 Å². The molecule has 0 fully saturated rings. The fourth-order valence-corrected chi connectivity index (χ4v) is 4.35. The van der Waals surface area contributed by atoms with E-state index in [-0.39, 0.29) is 15.8 Å². The van der Waals surface area contributed by atoms with Gasteiger partial charge in [0.05, 0.1) is 32.1 Å². The number of hydrogen-bond acceptors (Lipinski definition) is 6. The first-order valence-corrected chi connectivity index (χ1v) is 10.6. The van der Waals surface area contributed by atoms with E-state index in [1.807, 2.05) is 0 Å². The van der Waals surface area contributed by atoms with Gasteiger partial charge in [-0.3, -0.25) is 24.6 Å². The van der Waals surface area contributed by atoms with E-state index in [0.717, 1.165) is 0 Å². The van der Waals surface area contributed by atoms with Crippen molar-refractivity contribution in [3.8, 4) is 0 Å². The highest BCUT2D eigenvalue weighted by Crippen LogP contribution is 2.29. The Morgan fingerprint density at radius 3 is 2.70 bits per heavy atom. The van der Waals surface area contributed by atoms with E-state index in [9.17, 15) is 13.8 Å². The number of nitrogens with zero attached hydrogens (tertiary/aromatic N) is 1. The molecule has 3 rings (SSSR count). The number of benzene rings is 2. The molecular weight excluding hydrogens is 471 g/mol. The summed E-state index contributed by atoms with van der Waals surface area (Å²) in [5, 5.41) is 8.01. The van der Waals surface area contributed by atoms with Gasteiger partial charge in [0.15, 0.2) is 11.0 Å². The van der Waals surface area contributed by atoms with Crippen molar-refractivity contribution < 1.29 is 13.8 Å². The molecule has 0 spiro atoms. The second-order valence-corrected chi connectivity index (χ2v) is 8.58. The predicted octanol–water partition coefficient (Wildman–Crippen LogP) is 1.75. The fraction of sp³-hybridized carbons (Fsp3) is 0.0588. The molecule has 6 N–H and O–H groups in total. The third-order valence-electron chi connectivity index (χ3n) is 3.88. The number of fused-ring (bicyclic) bond motifs is 1. The Morgan fingerprint density at radius 2 is 1.97 bits per heavy atom. The van der Waals surface area contributed by atoms with Crippen LogP contribution in [0.2, 0.25) is 10.0 Å². The molecule has 2 amide bonds. The minimum Gasteiger partial charge on any atom is -0.324 e. The van der Waals surface area contributed by atoms with Crippen LogP contribution < -0.4 is 27.3 Å². The summed E-state index contributed by atoms with van der Waals surface area (Å²) in [4.78, 5) is 26.0. The van der Waals surface area contributed by atoms with Gasteiger partial charge in [0.1, 0.15) is 0 Å². The Kier molecular flexibility index (Phi) is 7.00. The van der Waals surface area contributed by atoms with Crippen molar-refractivity contribution in [2.24, 2.45) is 10.9 Å². The van der Waals surface area contributed by atoms with Crippen LogP contribution in [0, 0.1) is 0 Å². The molecule has 2 unspecified atom stereocenters. The summed E-state index contributed by atoms with van der Waals surface area (Å²) in [5.41, 5.74) is 4.65. The molecule has 0 radical (unpaired) electrons. The van der Waals surface area contributed by atoms with Crippen molar-refractivity contribution in [3.63, 3.8) is 0 Å². The minimum absolute atomic E-state index is 0.122. The summed E-state index contributed by atoms with van der Waals surface area (Å²) >= 11 is 16.9. The lowest BCUT2D eigenvalue weighted by Crippen LogP contribution is -2.48. The summed E-state index contributed by atoms with van der Waals surface area (Å²) in [6.45, 7) is 0. The largest absolute Gasteiger partial charge is 0.324 e. The van der Waals surface area contributed by atoms with Crippen LogP contribution in [-0.2, 0) is 20.4 Å². The molecule has 1 aliphatic rings. The zero-order valence-corrected chi connectivity index (χ0v) is 18.1. The highest BCUT2D eigenvalue weighted by molar-refractivity contribution is 7.88. The minimum atomic E-state index is -1.92.